The molecule has 1 amide bonds. The minimum absolute atomic E-state index is 0.186. The molecular weight excluding hydrogens is 324 g/mol. The molecule has 0 unspecified atom stereocenters. The van der Waals surface area contributed by atoms with Crippen LogP contribution >= 0.6 is 11.6 Å². The zero-order valence-electron chi connectivity index (χ0n) is 13.8. The summed E-state index contributed by atoms with van der Waals surface area (Å²) in [6.45, 7) is 4.24. The normalized spacial score (nSPS) is 14.5. The molecule has 0 atom stereocenters. The number of anilines is 1. The van der Waals surface area contributed by atoms with Crippen molar-refractivity contribution in [1.29, 1.82) is 0 Å². The van der Waals surface area contributed by atoms with E-state index in [4.69, 9.17) is 11.6 Å². The van der Waals surface area contributed by atoms with Gasteiger partial charge in [0.1, 0.15) is 17.3 Å². The van der Waals surface area contributed by atoms with Crippen molar-refractivity contribution in [3.8, 4) is 0 Å². The van der Waals surface area contributed by atoms with Gasteiger partial charge in [0.25, 0.3) is 5.91 Å². The molecule has 0 radical (unpaired) electrons. The summed E-state index contributed by atoms with van der Waals surface area (Å²) in [5.74, 6) is 1.28. The number of nitrogens with one attached hydrogen (secondary N) is 1. The molecular formula is C18H21ClN4O. The molecule has 3 rings (SSSR count). The molecule has 1 fully saturated rings. The van der Waals surface area contributed by atoms with E-state index in [1.165, 1.54) is 19.3 Å². The quantitative estimate of drug-likeness (QED) is 0.924. The van der Waals surface area contributed by atoms with Crippen molar-refractivity contribution in [2.75, 3.05) is 18.0 Å². The summed E-state index contributed by atoms with van der Waals surface area (Å²) in [7, 11) is 0. The Bertz CT molecular complexity index is 711. The van der Waals surface area contributed by atoms with E-state index < -0.39 is 0 Å². The average molecular weight is 345 g/mol. The summed E-state index contributed by atoms with van der Waals surface area (Å²) in [4.78, 5) is 23.4. The summed E-state index contributed by atoms with van der Waals surface area (Å²) in [6, 6.07) is 9.20. The molecule has 1 aliphatic heterocycles. The molecule has 0 spiro atoms. The highest BCUT2D eigenvalue weighted by atomic mass is 35.5. The molecule has 1 aromatic heterocycles. The molecule has 24 heavy (non-hydrogen) atoms. The summed E-state index contributed by atoms with van der Waals surface area (Å²) in [5.41, 5.74) is 1.41. The maximum Gasteiger partial charge on any atom is 0.270 e. The Hall–Kier alpha value is -2.14. The predicted octanol–water partition coefficient (Wildman–Crippen LogP) is 3.36. The maximum atomic E-state index is 12.4. The van der Waals surface area contributed by atoms with E-state index in [9.17, 15) is 4.79 Å². The van der Waals surface area contributed by atoms with Crippen molar-refractivity contribution in [3.05, 3.63) is 52.4 Å². The first-order valence-electron chi connectivity index (χ1n) is 8.25. The lowest BCUT2D eigenvalue weighted by atomic mass is 10.1. The summed E-state index contributed by atoms with van der Waals surface area (Å²) >= 11 is 5.87. The molecule has 1 N–H and O–H groups in total. The van der Waals surface area contributed by atoms with Crippen LogP contribution in [0, 0.1) is 6.92 Å². The van der Waals surface area contributed by atoms with Gasteiger partial charge in [0.05, 0.1) is 0 Å². The number of hydrogen-bond acceptors (Lipinski definition) is 4. The van der Waals surface area contributed by atoms with Crippen LogP contribution in [0.2, 0.25) is 5.02 Å². The van der Waals surface area contributed by atoms with Gasteiger partial charge in [-0.05, 0) is 43.9 Å². The number of halogens is 1. The lowest BCUT2D eigenvalue weighted by Crippen LogP contribution is -2.31. The summed E-state index contributed by atoms with van der Waals surface area (Å²) in [6.07, 6.45) is 3.59. The van der Waals surface area contributed by atoms with Crippen molar-refractivity contribution < 1.29 is 4.79 Å². The number of carbonyl (C=O) groups excluding carboxylic acids is 1. The van der Waals surface area contributed by atoms with Gasteiger partial charge < -0.3 is 10.2 Å². The summed E-state index contributed by atoms with van der Waals surface area (Å²) in [5, 5.41) is 3.58. The highest BCUT2D eigenvalue weighted by Gasteiger charge is 2.16. The van der Waals surface area contributed by atoms with Crippen LogP contribution in [0.3, 0.4) is 0 Å². The maximum absolute atomic E-state index is 12.4. The van der Waals surface area contributed by atoms with E-state index in [2.05, 4.69) is 20.2 Å². The van der Waals surface area contributed by atoms with Gasteiger partial charge in [-0.25, -0.2) is 9.97 Å². The number of aromatic nitrogens is 2. The standard InChI is InChI=1S/C18H21ClN4O/c1-13-21-16(11-17(22-13)23-9-3-2-4-10-23)18(24)20-12-14-5-7-15(19)8-6-14/h5-8,11H,2-4,9-10,12H2,1H3,(H,20,24). The number of nitrogens with zero attached hydrogens (tertiary/aromatic N) is 3. The van der Waals surface area contributed by atoms with Crippen LogP contribution in [0.15, 0.2) is 30.3 Å². The van der Waals surface area contributed by atoms with Crippen LogP contribution < -0.4 is 10.2 Å². The Labute approximate surface area is 147 Å². The van der Waals surface area contributed by atoms with Crippen molar-refractivity contribution in [1.82, 2.24) is 15.3 Å². The first kappa shape index (κ1) is 16.7. The number of amides is 1. The lowest BCUT2D eigenvalue weighted by Gasteiger charge is -2.28. The highest BCUT2D eigenvalue weighted by Crippen LogP contribution is 2.18. The molecule has 126 valence electrons. The van der Waals surface area contributed by atoms with Crippen molar-refractivity contribution in [2.24, 2.45) is 0 Å². The third-order valence-corrected chi connectivity index (χ3v) is 4.36. The van der Waals surface area contributed by atoms with Gasteiger partial charge in [0, 0.05) is 30.7 Å². The van der Waals surface area contributed by atoms with E-state index in [1.54, 1.807) is 6.07 Å². The Balaban J connectivity index is 1.69. The Morgan fingerprint density at radius 3 is 2.58 bits per heavy atom. The molecule has 0 aliphatic carbocycles. The van der Waals surface area contributed by atoms with Gasteiger partial charge in [0.15, 0.2) is 0 Å². The smallest absolute Gasteiger partial charge is 0.270 e. The van der Waals surface area contributed by atoms with E-state index in [0.717, 1.165) is 24.5 Å². The van der Waals surface area contributed by atoms with E-state index in [0.29, 0.717) is 23.1 Å². The van der Waals surface area contributed by atoms with Crippen LogP contribution in [0.5, 0.6) is 0 Å². The van der Waals surface area contributed by atoms with Crippen LogP contribution in [-0.4, -0.2) is 29.0 Å². The van der Waals surface area contributed by atoms with Crippen molar-refractivity contribution in [2.45, 2.75) is 32.7 Å². The van der Waals surface area contributed by atoms with Gasteiger partial charge >= 0.3 is 0 Å². The second kappa shape index (κ2) is 7.62. The van der Waals surface area contributed by atoms with Gasteiger partial charge in [0.2, 0.25) is 0 Å². The van der Waals surface area contributed by atoms with Crippen LogP contribution in [0.25, 0.3) is 0 Å². The number of aryl methyl sites for hydroxylation is 1. The highest BCUT2D eigenvalue weighted by molar-refractivity contribution is 6.30. The number of carbonyl (C=O) groups is 1. The lowest BCUT2D eigenvalue weighted by molar-refractivity contribution is 0.0945. The molecule has 5 nitrogen and oxygen atoms in total. The molecule has 6 heteroatoms. The average Bonchev–Trinajstić information content (AvgIpc) is 2.61. The molecule has 2 heterocycles. The van der Waals surface area contributed by atoms with Gasteiger partial charge in [-0.3, -0.25) is 4.79 Å². The fraction of sp³-hybridized carbons (Fsp3) is 0.389. The Morgan fingerprint density at radius 2 is 1.88 bits per heavy atom. The second-order valence-corrected chi connectivity index (χ2v) is 6.45. The van der Waals surface area contributed by atoms with Crippen LogP contribution in [0.1, 0.15) is 41.1 Å². The SMILES string of the molecule is Cc1nc(C(=O)NCc2ccc(Cl)cc2)cc(N2CCCCC2)n1. The largest absolute Gasteiger partial charge is 0.356 e. The summed E-state index contributed by atoms with van der Waals surface area (Å²) < 4.78 is 0. The third kappa shape index (κ3) is 4.23. The molecule has 0 bridgehead atoms. The number of benzene rings is 1. The van der Waals surface area contributed by atoms with Crippen LogP contribution in [0.4, 0.5) is 5.82 Å². The zero-order chi connectivity index (χ0) is 16.9. The number of piperidine rings is 1. The van der Waals surface area contributed by atoms with E-state index in [-0.39, 0.29) is 5.91 Å². The van der Waals surface area contributed by atoms with Gasteiger partial charge in [-0.2, -0.15) is 0 Å². The minimum atomic E-state index is -0.186. The van der Waals surface area contributed by atoms with E-state index >= 15 is 0 Å². The minimum Gasteiger partial charge on any atom is -0.356 e. The third-order valence-electron chi connectivity index (χ3n) is 4.10. The first-order valence-corrected chi connectivity index (χ1v) is 8.63. The molecule has 1 aromatic carbocycles. The van der Waals surface area contributed by atoms with Crippen molar-refractivity contribution in [3.63, 3.8) is 0 Å². The molecule has 2 aromatic rings. The first-order chi connectivity index (χ1) is 11.6. The second-order valence-electron chi connectivity index (χ2n) is 6.02. The number of rotatable bonds is 4. The van der Waals surface area contributed by atoms with Gasteiger partial charge in [-0.15, -0.1) is 0 Å². The van der Waals surface area contributed by atoms with E-state index in [1.807, 2.05) is 31.2 Å². The Morgan fingerprint density at radius 1 is 1.17 bits per heavy atom. The topological polar surface area (TPSA) is 58.1 Å². The molecule has 1 saturated heterocycles. The zero-order valence-corrected chi connectivity index (χ0v) is 14.5. The fourth-order valence-corrected chi connectivity index (χ4v) is 2.95. The van der Waals surface area contributed by atoms with Crippen molar-refractivity contribution >= 4 is 23.3 Å². The van der Waals surface area contributed by atoms with Crippen LogP contribution in [-0.2, 0) is 6.54 Å². The predicted molar refractivity (Wildman–Crippen MR) is 95.5 cm³/mol. The monoisotopic (exact) mass is 344 g/mol. The molecule has 0 saturated carbocycles. The number of hydrogen-bond donors (Lipinski definition) is 1. The van der Waals surface area contributed by atoms with Gasteiger partial charge in [-0.1, -0.05) is 23.7 Å². The fourth-order valence-electron chi connectivity index (χ4n) is 2.83. The molecule has 1 aliphatic rings. The Kier molecular flexibility index (Phi) is 5.30.